The molecule has 2 N–H and O–H groups in total. The number of carboxylic acid groups (broad SMARTS) is 1. The largest absolute Gasteiger partial charge is 0.490 e. The summed E-state index contributed by atoms with van der Waals surface area (Å²) in [6.07, 6.45) is -6.13. The average molecular weight is 610 g/mol. The van der Waals surface area contributed by atoms with Gasteiger partial charge in [-0.1, -0.05) is 0 Å². The number of sulfone groups is 1. The van der Waals surface area contributed by atoms with Gasteiger partial charge in [-0.3, -0.25) is 4.79 Å². The molecule has 2 heterocycles. The minimum absolute atomic E-state index is 0.110. The second-order valence-electron chi connectivity index (χ2n) is 10.3. The number of sulfonamides is 1. The van der Waals surface area contributed by atoms with E-state index in [0.29, 0.717) is 12.1 Å². The lowest BCUT2D eigenvalue weighted by Gasteiger charge is -2.54. The number of aliphatic carboxylic acids is 1. The number of halogens is 5. The number of benzene rings is 2. The summed E-state index contributed by atoms with van der Waals surface area (Å²) in [4.78, 5) is 10.6. The Hall–Kier alpha value is -2.78. The molecule has 5 atom stereocenters. The van der Waals surface area contributed by atoms with E-state index in [-0.39, 0.29) is 25.7 Å². The van der Waals surface area contributed by atoms with Crippen LogP contribution < -0.4 is 9.46 Å². The van der Waals surface area contributed by atoms with Crippen LogP contribution in [0.15, 0.2) is 41.3 Å². The van der Waals surface area contributed by atoms with Gasteiger partial charge in [-0.25, -0.2) is 30.3 Å². The van der Waals surface area contributed by atoms with E-state index in [0.717, 1.165) is 24.3 Å². The van der Waals surface area contributed by atoms with E-state index < -0.39 is 106 Å². The highest BCUT2D eigenvalue weighted by Crippen LogP contribution is 2.59. The van der Waals surface area contributed by atoms with Crippen molar-refractivity contribution in [2.24, 2.45) is 11.8 Å². The molecule has 15 heteroatoms. The molecule has 1 aliphatic carbocycles. The van der Waals surface area contributed by atoms with Crippen molar-refractivity contribution >= 4 is 25.8 Å². The van der Waals surface area contributed by atoms with Crippen LogP contribution in [0.5, 0.6) is 5.75 Å². The zero-order valence-corrected chi connectivity index (χ0v) is 22.3. The maximum atomic E-state index is 15.5. The van der Waals surface area contributed by atoms with Crippen LogP contribution in [0.4, 0.5) is 22.0 Å². The number of ether oxygens (including phenoxy) is 1. The molecule has 0 radical (unpaired) electrons. The average Bonchev–Trinajstić information content (AvgIpc) is 2.87. The minimum atomic E-state index is -4.75. The Morgan fingerprint density at radius 1 is 1.10 bits per heavy atom. The van der Waals surface area contributed by atoms with Crippen LogP contribution in [0.2, 0.25) is 0 Å². The van der Waals surface area contributed by atoms with Gasteiger partial charge >= 0.3 is 12.1 Å². The Labute approximate surface area is 226 Å². The Kier molecular flexibility index (Phi) is 6.94. The Morgan fingerprint density at radius 3 is 2.38 bits per heavy atom. The van der Waals surface area contributed by atoms with Crippen LogP contribution in [-0.2, 0) is 35.6 Å². The first-order chi connectivity index (χ1) is 18.6. The Bertz CT molecular complexity index is 1560. The van der Waals surface area contributed by atoms with E-state index in [9.17, 15) is 39.2 Å². The molecule has 8 nitrogen and oxygen atoms in total. The summed E-state index contributed by atoms with van der Waals surface area (Å²) in [7, 11) is -8.72. The van der Waals surface area contributed by atoms with Gasteiger partial charge in [0.05, 0.1) is 27.9 Å². The molecule has 2 aromatic carbocycles. The molecule has 3 aliphatic rings. The van der Waals surface area contributed by atoms with Gasteiger partial charge in [0.2, 0.25) is 10.0 Å². The molecule has 2 fully saturated rings. The highest BCUT2D eigenvalue weighted by atomic mass is 32.2. The van der Waals surface area contributed by atoms with Gasteiger partial charge < -0.3 is 9.84 Å². The number of rotatable bonds is 5. The predicted molar refractivity (Wildman–Crippen MR) is 129 cm³/mol. The first-order valence-electron chi connectivity index (χ1n) is 12.4. The number of hydrogen-bond acceptors (Lipinski definition) is 6. The second-order valence-corrected chi connectivity index (χ2v) is 14.5. The van der Waals surface area contributed by atoms with Gasteiger partial charge in [0.15, 0.2) is 21.4 Å². The topological polar surface area (TPSA) is 127 Å². The third-order valence-electron chi connectivity index (χ3n) is 8.29. The highest BCUT2D eigenvalue weighted by molar-refractivity contribution is 7.92. The van der Waals surface area contributed by atoms with Crippen molar-refractivity contribution < 1.29 is 53.4 Å². The summed E-state index contributed by atoms with van der Waals surface area (Å²) in [5.41, 5.74) is -1.69. The van der Waals surface area contributed by atoms with E-state index in [1.54, 1.807) is 0 Å². The van der Waals surface area contributed by atoms with Crippen molar-refractivity contribution in [1.82, 2.24) is 4.72 Å². The maximum Gasteiger partial charge on any atom is 0.416 e. The van der Waals surface area contributed by atoms with E-state index >= 15 is 4.39 Å². The molecular formula is C25H24F5NO7S2. The standard InChI is InChI=1S/C25H24F5NO7S2/c26-18-6-7-19(27)23-22(18)24(39(34,35)14-3-1-13(2-4-14)25(28,29)30)10-9-20-16(17(24)12-38-23)11-15(5-8-21(32)33)40(36,37)31-20/h1-4,6-7,15-17,20,31H,5,8-12H2,(H,32,33)/t15-,16-,17+,20+,24+/m1/s1. The molecule has 0 bridgehead atoms. The molecule has 0 amide bonds. The normalized spacial score (nSPS) is 29.4. The SMILES string of the molecule is O=C(O)CC[C@@H]1C[C@H]2[C@H](CC[C@@]3(S(=O)(=O)c4ccc(C(F)(F)F)cc4)c4c(F)ccc(F)c4OC[C@@H]23)NS1(=O)=O. The Balaban J connectivity index is 1.67. The van der Waals surface area contributed by atoms with Gasteiger partial charge in [0.25, 0.3) is 0 Å². The highest BCUT2D eigenvalue weighted by Gasteiger charge is 2.64. The van der Waals surface area contributed by atoms with Crippen molar-refractivity contribution in [3.05, 3.63) is 59.2 Å². The van der Waals surface area contributed by atoms with Gasteiger partial charge in [-0.2, -0.15) is 13.2 Å². The predicted octanol–water partition coefficient (Wildman–Crippen LogP) is 4.00. The number of alkyl halides is 3. The number of nitrogens with one attached hydrogen (secondary N) is 1. The molecule has 40 heavy (non-hydrogen) atoms. The summed E-state index contributed by atoms with van der Waals surface area (Å²) < 4.78 is 130. The fourth-order valence-corrected chi connectivity index (χ4v) is 10.7. The Morgan fingerprint density at radius 2 is 1.75 bits per heavy atom. The first kappa shape index (κ1) is 28.7. The molecule has 0 aromatic heterocycles. The fourth-order valence-electron chi connectivity index (χ4n) is 6.48. The zero-order valence-electron chi connectivity index (χ0n) is 20.6. The number of carboxylic acids is 1. The number of carbonyl (C=O) groups is 1. The maximum absolute atomic E-state index is 15.5. The van der Waals surface area contributed by atoms with Crippen molar-refractivity contribution in [3.63, 3.8) is 0 Å². The van der Waals surface area contributed by atoms with Crippen LogP contribution in [0, 0.1) is 23.5 Å². The fraction of sp³-hybridized carbons (Fsp3) is 0.480. The lowest BCUT2D eigenvalue weighted by Crippen LogP contribution is -2.63. The summed E-state index contributed by atoms with van der Waals surface area (Å²) in [5.74, 6) is -5.90. The van der Waals surface area contributed by atoms with Crippen molar-refractivity contribution in [1.29, 1.82) is 0 Å². The van der Waals surface area contributed by atoms with Crippen LogP contribution in [0.3, 0.4) is 0 Å². The van der Waals surface area contributed by atoms with Gasteiger partial charge in [0, 0.05) is 18.4 Å². The lowest BCUT2D eigenvalue weighted by molar-refractivity contribution is -0.138. The second kappa shape index (κ2) is 9.65. The summed E-state index contributed by atoms with van der Waals surface area (Å²) >= 11 is 0. The third-order valence-corrected chi connectivity index (χ3v) is 12.8. The number of hydrogen-bond donors (Lipinski definition) is 2. The summed E-state index contributed by atoms with van der Waals surface area (Å²) in [6.45, 7) is -0.443. The lowest BCUT2D eigenvalue weighted by atomic mass is 9.64. The van der Waals surface area contributed by atoms with E-state index in [4.69, 9.17) is 9.84 Å². The minimum Gasteiger partial charge on any atom is -0.490 e. The van der Waals surface area contributed by atoms with Crippen LogP contribution in [0.25, 0.3) is 0 Å². The number of fused-ring (bicyclic) bond motifs is 5. The molecule has 1 saturated carbocycles. The monoisotopic (exact) mass is 609 g/mol. The summed E-state index contributed by atoms with van der Waals surface area (Å²) in [5, 5.41) is 7.88. The van der Waals surface area contributed by atoms with Gasteiger partial charge in [-0.05, 0) is 68.0 Å². The van der Waals surface area contributed by atoms with Gasteiger partial charge in [0.1, 0.15) is 10.6 Å². The molecule has 218 valence electrons. The van der Waals surface area contributed by atoms with Crippen LogP contribution in [-0.4, -0.2) is 45.8 Å². The van der Waals surface area contributed by atoms with E-state index in [2.05, 4.69) is 4.72 Å². The zero-order chi connectivity index (χ0) is 29.3. The molecule has 0 spiro atoms. The quantitative estimate of drug-likeness (QED) is 0.491. The smallest absolute Gasteiger partial charge is 0.416 e. The van der Waals surface area contributed by atoms with Crippen molar-refractivity contribution in [2.75, 3.05) is 6.61 Å². The van der Waals surface area contributed by atoms with Crippen LogP contribution in [0.1, 0.15) is 43.2 Å². The molecule has 0 unspecified atom stereocenters. The molecule has 1 saturated heterocycles. The molecule has 2 aliphatic heterocycles. The van der Waals surface area contributed by atoms with Crippen molar-refractivity contribution in [2.45, 2.75) is 59.2 Å². The summed E-state index contributed by atoms with van der Waals surface area (Å²) in [6, 6.07) is 3.42. The van der Waals surface area contributed by atoms with Gasteiger partial charge in [-0.15, -0.1) is 0 Å². The van der Waals surface area contributed by atoms with E-state index in [1.165, 1.54) is 0 Å². The molecule has 5 rings (SSSR count). The van der Waals surface area contributed by atoms with Crippen molar-refractivity contribution in [3.8, 4) is 5.75 Å². The third kappa shape index (κ3) is 4.45. The molecular weight excluding hydrogens is 585 g/mol. The molecule has 2 aromatic rings. The van der Waals surface area contributed by atoms with E-state index in [1.807, 2.05) is 0 Å². The van der Waals surface area contributed by atoms with Crippen LogP contribution >= 0.6 is 0 Å². The first-order valence-corrected chi connectivity index (χ1v) is 15.4.